The van der Waals surface area contributed by atoms with Crippen LogP contribution in [0.4, 0.5) is 0 Å². The maximum absolute atomic E-state index is 12.3. The van der Waals surface area contributed by atoms with E-state index in [4.69, 9.17) is 5.73 Å². The van der Waals surface area contributed by atoms with Crippen LogP contribution >= 0.6 is 10.6 Å². The van der Waals surface area contributed by atoms with Crippen molar-refractivity contribution in [1.29, 1.82) is 0 Å². The van der Waals surface area contributed by atoms with Crippen LogP contribution in [-0.4, -0.2) is 32.9 Å². The fraction of sp³-hybridized carbons (Fsp3) is 0.238. The maximum Gasteiger partial charge on any atom is 0.231 e. The Balaban J connectivity index is 1.90. The molecule has 0 unspecified atom stereocenters. The van der Waals surface area contributed by atoms with Crippen molar-refractivity contribution in [3.8, 4) is 23.0 Å². The molecule has 4 rings (SSSR count). The van der Waals surface area contributed by atoms with Gasteiger partial charge in [0.15, 0.2) is 5.96 Å². The van der Waals surface area contributed by atoms with Crippen molar-refractivity contribution in [3.05, 3.63) is 47.5 Å². The zero-order chi connectivity index (χ0) is 20.3. The number of benzene rings is 2. The first kappa shape index (κ1) is 18.6. The van der Waals surface area contributed by atoms with Crippen molar-refractivity contribution in [2.75, 3.05) is 7.05 Å². The largest absolute Gasteiger partial charge is 0.369 e. The third-order valence-corrected chi connectivity index (χ3v) is 7.27. The second kappa shape index (κ2) is 6.11. The number of rotatable bonds is 1. The molecule has 0 fully saturated rings. The van der Waals surface area contributed by atoms with Gasteiger partial charge in [-0.3, -0.25) is 18.8 Å². The number of hydrogen-bond acceptors (Lipinski definition) is 5. The van der Waals surface area contributed by atoms with Crippen LogP contribution in [0.3, 0.4) is 0 Å². The van der Waals surface area contributed by atoms with Crippen LogP contribution < -0.4 is 5.73 Å². The van der Waals surface area contributed by atoms with Gasteiger partial charge in [-0.1, -0.05) is 12.0 Å². The molecule has 2 aliphatic rings. The molecule has 0 saturated carbocycles. The number of amides is 1. The molecule has 0 radical (unpaired) electrons. The summed E-state index contributed by atoms with van der Waals surface area (Å²) in [5.41, 5.74) is 8.20. The molecule has 1 amide bonds. The maximum atomic E-state index is 12.3. The summed E-state index contributed by atoms with van der Waals surface area (Å²) in [7, 11) is -1.48. The summed E-state index contributed by atoms with van der Waals surface area (Å²) in [4.78, 5) is 19.2. The Hall–Kier alpha value is -2.79. The Morgan fingerprint density at radius 1 is 1.18 bits per heavy atom. The summed E-state index contributed by atoms with van der Waals surface area (Å²) >= 11 is 0. The molecule has 1 atom stereocenters. The second-order valence-electron chi connectivity index (χ2n) is 7.22. The molecular weight excluding hydrogens is 374 g/mol. The van der Waals surface area contributed by atoms with E-state index in [1.54, 1.807) is 38.2 Å². The molecule has 0 aliphatic carbocycles. The van der Waals surface area contributed by atoms with Gasteiger partial charge >= 0.3 is 0 Å². The van der Waals surface area contributed by atoms with E-state index in [2.05, 4.69) is 16.8 Å². The predicted octanol–water partition coefficient (Wildman–Crippen LogP) is 3.60. The molecule has 2 aromatic carbocycles. The Kier molecular flexibility index (Phi) is 4.05. The van der Waals surface area contributed by atoms with Crippen LogP contribution in [0.1, 0.15) is 31.4 Å². The highest BCUT2D eigenvalue weighted by atomic mass is 32.3. The minimum Gasteiger partial charge on any atom is -0.369 e. The number of nitrogens with zero attached hydrogens (tertiary/aromatic N) is 2. The van der Waals surface area contributed by atoms with E-state index in [0.717, 1.165) is 22.3 Å². The van der Waals surface area contributed by atoms with Crippen LogP contribution in [-0.2, 0) is 10.3 Å². The van der Waals surface area contributed by atoms with E-state index in [0.29, 0.717) is 9.79 Å². The van der Waals surface area contributed by atoms with Crippen molar-refractivity contribution in [1.82, 2.24) is 4.90 Å². The second-order valence-corrected chi connectivity index (χ2v) is 9.20. The lowest BCUT2D eigenvalue weighted by Gasteiger charge is -2.34. The summed E-state index contributed by atoms with van der Waals surface area (Å²) in [5, 5.41) is 0. The van der Waals surface area contributed by atoms with Gasteiger partial charge in [0.05, 0.1) is 21.8 Å². The van der Waals surface area contributed by atoms with Gasteiger partial charge in [0.2, 0.25) is 5.91 Å². The van der Waals surface area contributed by atoms with Gasteiger partial charge in [0.25, 0.3) is 0 Å². The summed E-state index contributed by atoms with van der Waals surface area (Å²) in [5.74, 6) is 5.93. The lowest BCUT2D eigenvalue weighted by atomic mass is 9.86. The molecule has 4 N–H and O–H groups in total. The average Bonchev–Trinajstić information content (AvgIpc) is 2.87. The standard InChI is InChI=1S/C21H21N3O3S/c1-4-5-13-6-8-17-15(10-13)16-11-14(7-9-18(16)28(17,26)27)21(2)12-19(25)24(3)20(22)23-21/h6-11,26-27H,12H2,1-3H3,(H2,22,23)/t21-/m0/s1. The number of guanidine groups is 1. The first-order valence-corrected chi connectivity index (χ1v) is 10.3. The van der Waals surface area contributed by atoms with Crippen LogP contribution in [0, 0.1) is 11.8 Å². The monoisotopic (exact) mass is 395 g/mol. The van der Waals surface area contributed by atoms with Crippen molar-refractivity contribution in [2.24, 2.45) is 10.7 Å². The summed E-state index contributed by atoms with van der Waals surface area (Å²) in [6.07, 6.45) is 0.188. The average molecular weight is 395 g/mol. The molecule has 144 valence electrons. The molecule has 7 heteroatoms. The Morgan fingerprint density at radius 3 is 2.46 bits per heavy atom. The summed E-state index contributed by atoms with van der Waals surface area (Å²) < 4.78 is 21.6. The van der Waals surface area contributed by atoms with Crippen LogP contribution in [0.25, 0.3) is 11.1 Å². The zero-order valence-corrected chi connectivity index (χ0v) is 16.7. The molecule has 0 bridgehead atoms. The molecule has 0 aromatic heterocycles. The number of fused-ring (bicyclic) bond motifs is 3. The van der Waals surface area contributed by atoms with Gasteiger partial charge < -0.3 is 5.73 Å². The highest BCUT2D eigenvalue weighted by molar-refractivity contribution is 8.24. The van der Waals surface area contributed by atoms with Gasteiger partial charge in [-0.25, -0.2) is 4.99 Å². The van der Waals surface area contributed by atoms with E-state index in [1.165, 1.54) is 4.90 Å². The van der Waals surface area contributed by atoms with Crippen molar-refractivity contribution in [2.45, 2.75) is 35.6 Å². The molecule has 2 aromatic rings. The van der Waals surface area contributed by atoms with Crippen molar-refractivity contribution < 1.29 is 13.9 Å². The molecule has 2 heterocycles. The van der Waals surface area contributed by atoms with Gasteiger partial charge in [-0.05, 0) is 49.7 Å². The lowest BCUT2D eigenvalue weighted by molar-refractivity contribution is -0.128. The normalized spacial score (nSPS) is 23.2. The molecule has 0 saturated heterocycles. The minimum atomic E-state index is -3.08. The van der Waals surface area contributed by atoms with Crippen LogP contribution in [0.15, 0.2) is 51.2 Å². The third-order valence-electron chi connectivity index (χ3n) is 5.33. The first-order chi connectivity index (χ1) is 13.2. The Bertz CT molecular complexity index is 1110. The highest BCUT2D eigenvalue weighted by Gasteiger charge is 2.39. The smallest absolute Gasteiger partial charge is 0.231 e. The Morgan fingerprint density at radius 2 is 1.82 bits per heavy atom. The number of nitrogens with two attached hydrogens (primary N) is 1. The summed E-state index contributed by atoms with van der Waals surface area (Å²) in [6.45, 7) is 3.62. The zero-order valence-electron chi connectivity index (χ0n) is 15.9. The fourth-order valence-electron chi connectivity index (χ4n) is 3.73. The highest BCUT2D eigenvalue weighted by Crippen LogP contribution is 2.66. The van der Waals surface area contributed by atoms with E-state index in [-0.39, 0.29) is 18.3 Å². The van der Waals surface area contributed by atoms with Gasteiger partial charge in [-0.15, -0.1) is 16.5 Å². The quantitative estimate of drug-likeness (QED) is 0.643. The topological polar surface area (TPSA) is 99.2 Å². The molecule has 0 spiro atoms. The molecule has 28 heavy (non-hydrogen) atoms. The van der Waals surface area contributed by atoms with E-state index >= 15 is 0 Å². The van der Waals surface area contributed by atoms with Gasteiger partial charge in [0, 0.05) is 23.7 Å². The summed E-state index contributed by atoms with van der Waals surface area (Å²) in [6, 6.07) is 10.8. The van der Waals surface area contributed by atoms with E-state index < -0.39 is 16.1 Å². The SMILES string of the molecule is CC#Cc1ccc2c(c1)-c1cc([C@]3(C)CC(=O)N(C)C(N)=N3)ccc1S2(O)O. The number of aliphatic imine (C=N–C) groups is 1. The number of carbonyl (C=O) groups excluding carboxylic acids is 1. The first-order valence-electron chi connectivity index (χ1n) is 8.79. The van der Waals surface area contributed by atoms with Crippen molar-refractivity contribution in [3.63, 3.8) is 0 Å². The van der Waals surface area contributed by atoms with E-state index in [9.17, 15) is 13.9 Å². The molecule has 6 nitrogen and oxygen atoms in total. The fourth-order valence-corrected chi connectivity index (χ4v) is 5.43. The van der Waals surface area contributed by atoms with Gasteiger partial charge in [-0.2, -0.15) is 0 Å². The van der Waals surface area contributed by atoms with Gasteiger partial charge in [0.1, 0.15) is 0 Å². The lowest BCUT2D eigenvalue weighted by Crippen LogP contribution is -2.47. The minimum absolute atomic E-state index is 0.110. The van der Waals surface area contributed by atoms with E-state index in [1.807, 2.05) is 19.1 Å². The number of hydrogen-bond donors (Lipinski definition) is 3. The number of carbonyl (C=O) groups is 1. The third kappa shape index (κ3) is 2.61. The van der Waals surface area contributed by atoms with Crippen LogP contribution in [0.5, 0.6) is 0 Å². The Labute approximate surface area is 165 Å². The molecule has 2 aliphatic heterocycles. The van der Waals surface area contributed by atoms with Crippen LogP contribution in [0.2, 0.25) is 0 Å². The van der Waals surface area contributed by atoms with Crippen molar-refractivity contribution >= 4 is 22.5 Å². The predicted molar refractivity (Wildman–Crippen MR) is 110 cm³/mol. The molecular formula is C21H21N3O3S.